The summed E-state index contributed by atoms with van der Waals surface area (Å²) in [7, 11) is -3.49. The molecule has 2 heterocycles. The Morgan fingerprint density at radius 2 is 2.06 bits per heavy atom. The Kier molecular flexibility index (Phi) is 4.39. The van der Waals surface area contributed by atoms with Crippen LogP contribution in [0.2, 0.25) is 0 Å². The van der Waals surface area contributed by atoms with E-state index in [-0.39, 0.29) is 10.8 Å². The second kappa shape index (κ2) is 5.66. The SMILES string of the molecule is Cc1cc(S(=O)(=O)NN2CCCCC2)sc1CO. The van der Waals surface area contributed by atoms with Gasteiger partial charge in [0, 0.05) is 18.0 Å². The minimum Gasteiger partial charge on any atom is -0.391 e. The van der Waals surface area contributed by atoms with Crippen LogP contribution in [0.5, 0.6) is 0 Å². The van der Waals surface area contributed by atoms with Gasteiger partial charge < -0.3 is 5.11 Å². The first kappa shape index (κ1) is 14.0. The molecule has 0 unspecified atom stereocenters. The number of hydrogen-bond donors (Lipinski definition) is 2. The molecule has 1 aromatic rings. The summed E-state index contributed by atoms with van der Waals surface area (Å²) in [6.45, 7) is 3.21. The van der Waals surface area contributed by atoms with Crippen molar-refractivity contribution in [2.24, 2.45) is 0 Å². The van der Waals surface area contributed by atoms with Crippen LogP contribution >= 0.6 is 11.3 Å². The number of piperidine rings is 1. The Labute approximate surface area is 111 Å². The van der Waals surface area contributed by atoms with E-state index >= 15 is 0 Å². The van der Waals surface area contributed by atoms with Gasteiger partial charge in [0.05, 0.1) is 6.61 Å². The molecule has 1 fully saturated rings. The molecule has 7 heteroatoms. The van der Waals surface area contributed by atoms with Crippen molar-refractivity contribution >= 4 is 21.4 Å². The van der Waals surface area contributed by atoms with E-state index in [0.29, 0.717) is 4.88 Å². The number of thiophene rings is 1. The van der Waals surface area contributed by atoms with Gasteiger partial charge in [-0.25, -0.2) is 13.4 Å². The van der Waals surface area contributed by atoms with Crippen LogP contribution < -0.4 is 4.83 Å². The number of rotatable bonds is 4. The monoisotopic (exact) mass is 290 g/mol. The molecule has 5 nitrogen and oxygen atoms in total. The van der Waals surface area contributed by atoms with E-state index in [9.17, 15) is 8.42 Å². The number of nitrogens with one attached hydrogen (secondary N) is 1. The van der Waals surface area contributed by atoms with Crippen LogP contribution in [-0.4, -0.2) is 31.6 Å². The molecule has 1 saturated heterocycles. The van der Waals surface area contributed by atoms with Crippen LogP contribution in [0.4, 0.5) is 0 Å². The predicted octanol–water partition coefficient (Wildman–Crippen LogP) is 1.23. The van der Waals surface area contributed by atoms with Crippen molar-refractivity contribution in [3.05, 3.63) is 16.5 Å². The summed E-state index contributed by atoms with van der Waals surface area (Å²) >= 11 is 1.13. The summed E-state index contributed by atoms with van der Waals surface area (Å²) in [5.41, 5.74) is 0.821. The predicted molar refractivity (Wildman–Crippen MR) is 70.7 cm³/mol. The molecule has 1 aromatic heterocycles. The lowest BCUT2D eigenvalue weighted by Crippen LogP contribution is -2.44. The average Bonchev–Trinajstić information content (AvgIpc) is 2.72. The molecule has 2 rings (SSSR count). The standard InChI is InChI=1S/C11H18N2O3S2/c1-9-7-11(17-10(9)8-14)18(15,16)12-13-5-3-2-4-6-13/h7,12,14H,2-6,8H2,1H3. The number of aryl methyl sites for hydroxylation is 1. The van der Waals surface area contributed by atoms with Gasteiger partial charge in [0.25, 0.3) is 10.0 Å². The van der Waals surface area contributed by atoms with Crippen LogP contribution in [0.15, 0.2) is 10.3 Å². The summed E-state index contributed by atoms with van der Waals surface area (Å²) in [5.74, 6) is 0. The topological polar surface area (TPSA) is 69.6 Å². The fourth-order valence-electron chi connectivity index (χ4n) is 1.98. The van der Waals surface area contributed by atoms with Gasteiger partial charge in [0.2, 0.25) is 0 Å². The average molecular weight is 290 g/mol. The fraction of sp³-hybridized carbons (Fsp3) is 0.636. The van der Waals surface area contributed by atoms with E-state index in [2.05, 4.69) is 4.83 Å². The molecule has 0 radical (unpaired) electrons. The van der Waals surface area contributed by atoms with E-state index in [0.717, 1.165) is 49.3 Å². The summed E-state index contributed by atoms with van der Waals surface area (Å²) in [6, 6.07) is 1.61. The minimum atomic E-state index is -3.49. The van der Waals surface area contributed by atoms with Crippen LogP contribution in [0.25, 0.3) is 0 Å². The first-order valence-electron chi connectivity index (χ1n) is 6.00. The van der Waals surface area contributed by atoms with Gasteiger partial charge in [0.15, 0.2) is 0 Å². The summed E-state index contributed by atoms with van der Waals surface area (Å²) in [5, 5.41) is 10.9. The molecule has 0 aromatic carbocycles. The highest BCUT2D eigenvalue weighted by Crippen LogP contribution is 2.26. The first-order valence-corrected chi connectivity index (χ1v) is 8.30. The zero-order valence-corrected chi connectivity index (χ0v) is 12.0. The second-order valence-electron chi connectivity index (χ2n) is 4.47. The van der Waals surface area contributed by atoms with Gasteiger partial charge in [-0.2, -0.15) is 0 Å². The highest BCUT2D eigenvalue weighted by Gasteiger charge is 2.22. The van der Waals surface area contributed by atoms with Crippen molar-refractivity contribution in [3.8, 4) is 0 Å². The molecule has 102 valence electrons. The van der Waals surface area contributed by atoms with Crippen molar-refractivity contribution in [1.29, 1.82) is 0 Å². The molecule has 0 atom stereocenters. The Hall–Kier alpha value is -0.470. The van der Waals surface area contributed by atoms with E-state index in [1.807, 2.05) is 6.92 Å². The highest BCUT2D eigenvalue weighted by atomic mass is 32.2. The zero-order chi connectivity index (χ0) is 13.2. The van der Waals surface area contributed by atoms with Gasteiger partial charge in [0.1, 0.15) is 4.21 Å². The van der Waals surface area contributed by atoms with Gasteiger partial charge in [-0.3, -0.25) is 0 Å². The lowest BCUT2D eigenvalue weighted by molar-refractivity contribution is 0.200. The van der Waals surface area contributed by atoms with Gasteiger partial charge >= 0.3 is 0 Å². The first-order chi connectivity index (χ1) is 8.53. The molecule has 2 N–H and O–H groups in total. The Morgan fingerprint density at radius 1 is 1.39 bits per heavy atom. The van der Waals surface area contributed by atoms with E-state index in [1.54, 1.807) is 11.1 Å². The third-order valence-corrected chi connectivity index (χ3v) is 6.08. The number of nitrogens with zero attached hydrogens (tertiary/aromatic N) is 1. The molecule has 0 amide bonds. The van der Waals surface area contributed by atoms with Crippen molar-refractivity contribution < 1.29 is 13.5 Å². The van der Waals surface area contributed by atoms with Crippen molar-refractivity contribution in [3.63, 3.8) is 0 Å². The largest absolute Gasteiger partial charge is 0.391 e. The number of hydrogen-bond acceptors (Lipinski definition) is 5. The third kappa shape index (κ3) is 3.10. The summed E-state index contributed by atoms with van der Waals surface area (Å²) in [6.07, 6.45) is 3.20. The van der Waals surface area contributed by atoms with E-state index in [4.69, 9.17) is 5.11 Å². The smallest absolute Gasteiger partial charge is 0.262 e. The summed E-state index contributed by atoms with van der Waals surface area (Å²) < 4.78 is 24.6. The lowest BCUT2D eigenvalue weighted by atomic mass is 10.2. The molecule has 0 spiro atoms. The Morgan fingerprint density at radius 3 is 2.61 bits per heavy atom. The molecule has 0 saturated carbocycles. The van der Waals surface area contributed by atoms with E-state index in [1.165, 1.54) is 0 Å². The fourth-order valence-corrected chi connectivity index (χ4v) is 4.54. The normalized spacial score (nSPS) is 18.1. The number of aliphatic hydroxyl groups excluding tert-OH is 1. The number of aliphatic hydroxyl groups is 1. The molecule has 18 heavy (non-hydrogen) atoms. The Balaban J connectivity index is 2.13. The van der Waals surface area contributed by atoms with Crippen LogP contribution in [-0.2, 0) is 16.6 Å². The van der Waals surface area contributed by atoms with Crippen molar-refractivity contribution in [2.45, 2.75) is 37.0 Å². The minimum absolute atomic E-state index is 0.115. The quantitative estimate of drug-likeness (QED) is 0.875. The van der Waals surface area contributed by atoms with Gasteiger partial charge in [-0.1, -0.05) is 6.42 Å². The molecule has 0 aliphatic carbocycles. The maximum Gasteiger partial charge on any atom is 0.262 e. The van der Waals surface area contributed by atoms with Gasteiger partial charge in [-0.05, 0) is 31.4 Å². The lowest BCUT2D eigenvalue weighted by Gasteiger charge is -2.26. The van der Waals surface area contributed by atoms with Crippen LogP contribution in [0, 0.1) is 6.92 Å². The van der Waals surface area contributed by atoms with E-state index < -0.39 is 10.0 Å². The molecule has 0 bridgehead atoms. The second-order valence-corrected chi connectivity index (χ2v) is 7.50. The van der Waals surface area contributed by atoms with Crippen LogP contribution in [0.3, 0.4) is 0 Å². The summed E-state index contributed by atoms with van der Waals surface area (Å²) in [4.78, 5) is 3.31. The highest BCUT2D eigenvalue weighted by molar-refractivity contribution is 7.91. The van der Waals surface area contributed by atoms with Crippen molar-refractivity contribution in [2.75, 3.05) is 13.1 Å². The molecular weight excluding hydrogens is 272 g/mol. The van der Waals surface area contributed by atoms with Crippen LogP contribution in [0.1, 0.15) is 29.7 Å². The van der Waals surface area contributed by atoms with Crippen molar-refractivity contribution in [1.82, 2.24) is 9.84 Å². The number of hydrazine groups is 1. The Bertz CT molecular complexity index is 504. The third-order valence-electron chi connectivity index (χ3n) is 3.01. The maximum atomic E-state index is 12.2. The zero-order valence-electron chi connectivity index (χ0n) is 10.3. The maximum absolute atomic E-state index is 12.2. The van der Waals surface area contributed by atoms with Gasteiger partial charge in [-0.15, -0.1) is 16.2 Å². The molecule has 1 aliphatic rings. The molecule has 1 aliphatic heterocycles. The molecular formula is C11H18N2O3S2. The number of sulfonamides is 1.